The lowest BCUT2D eigenvalue weighted by Crippen LogP contribution is -2.47. The summed E-state index contributed by atoms with van der Waals surface area (Å²) in [6.07, 6.45) is 1.99. The molecule has 0 unspecified atom stereocenters. The molecular weight excluding hydrogens is 347 g/mol. The van der Waals surface area contributed by atoms with Crippen LogP contribution in [0.3, 0.4) is 0 Å². The summed E-state index contributed by atoms with van der Waals surface area (Å²) in [7, 11) is 0. The highest BCUT2D eigenvalue weighted by Gasteiger charge is 2.68. The van der Waals surface area contributed by atoms with Crippen LogP contribution in [-0.2, 0) is 9.59 Å². The first kappa shape index (κ1) is 16.0. The second kappa shape index (κ2) is 5.62. The van der Waals surface area contributed by atoms with Gasteiger partial charge in [0.1, 0.15) is 9.84 Å². The molecule has 1 N–H and O–H groups in total. The predicted octanol–water partition coefficient (Wildman–Crippen LogP) is 2.30. The second-order valence-corrected chi connectivity index (χ2v) is 8.35. The lowest BCUT2D eigenvalue weighted by molar-refractivity contribution is -0.139. The second-order valence-electron chi connectivity index (χ2n) is 6.04. The van der Waals surface area contributed by atoms with E-state index < -0.39 is 9.75 Å². The van der Waals surface area contributed by atoms with E-state index in [4.69, 9.17) is 23.2 Å². The number of aromatic nitrogens is 2. The fourth-order valence-corrected chi connectivity index (χ4v) is 3.94. The average Bonchev–Trinajstić information content (AvgIpc) is 2.84. The van der Waals surface area contributed by atoms with Crippen LogP contribution in [0, 0.1) is 11.3 Å². The maximum Gasteiger partial charge on any atom is 0.231 e. The first-order valence-electron chi connectivity index (χ1n) is 7.08. The van der Waals surface area contributed by atoms with Gasteiger partial charge in [0.15, 0.2) is 0 Å². The fraction of sp³-hybridized carbons (Fsp3) is 0.692. The molecule has 6 nitrogen and oxygen atoms in total. The fourth-order valence-electron chi connectivity index (χ4n) is 2.79. The Morgan fingerprint density at radius 3 is 2.82 bits per heavy atom. The van der Waals surface area contributed by atoms with Gasteiger partial charge < -0.3 is 10.2 Å². The highest BCUT2D eigenvalue weighted by Crippen LogP contribution is 2.64. The number of nitrogens with zero attached hydrogens (tertiary/aromatic N) is 3. The Hall–Kier alpha value is -0.920. The van der Waals surface area contributed by atoms with Crippen molar-refractivity contribution >= 4 is 51.5 Å². The molecule has 2 heterocycles. The Bertz CT molecular complexity index is 595. The molecule has 3 rings (SSSR count). The highest BCUT2D eigenvalue weighted by molar-refractivity contribution is 7.13. The van der Waals surface area contributed by atoms with E-state index in [1.54, 1.807) is 17.3 Å². The van der Waals surface area contributed by atoms with Gasteiger partial charge >= 0.3 is 0 Å². The van der Waals surface area contributed by atoms with Crippen molar-refractivity contribution in [1.82, 2.24) is 15.1 Å². The Morgan fingerprint density at radius 2 is 2.23 bits per heavy atom. The molecule has 120 valence electrons. The summed E-state index contributed by atoms with van der Waals surface area (Å²) in [6, 6.07) is 0. The molecule has 1 aromatic heterocycles. The van der Waals surface area contributed by atoms with Crippen molar-refractivity contribution in [3.8, 4) is 0 Å². The molecule has 2 aliphatic rings. The van der Waals surface area contributed by atoms with E-state index in [2.05, 4.69) is 15.5 Å². The van der Waals surface area contributed by atoms with Crippen LogP contribution in [0.4, 0.5) is 5.13 Å². The number of hydrogen-bond donors (Lipinski definition) is 1. The van der Waals surface area contributed by atoms with Crippen molar-refractivity contribution in [2.45, 2.75) is 30.5 Å². The Kier molecular flexibility index (Phi) is 4.07. The molecule has 2 fully saturated rings. The number of piperidine rings is 1. The van der Waals surface area contributed by atoms with Gasteiger partial charge in [-0.2, -0.15) is 0 Å². The Labute approximate surface area is 142 Å². The number of nitrogens with one attached hydrogen (secondary N) is 1. The van der Waals surface area contributed by atoms with Gasteiger partial charge in [-0.3, -0.25) is 9.59 Å². The van der Waals surface area contributed by atoms with E-state index in [0.717, 1.165) is 12.8 Å². The Morgan fingerprint density at radius 1 is 1.50 bits per heavy atom. The highest BCUT2D eigenvalue weighted by atomic mass is 35.5. The summed E-state index contributed by atoms with van der Waals surface area (Å²) in [5, 5.41) is 10.7. The minimum atomic E-state index is -0.980. The number of halogens is 2. The normalized spacial score (nSPS) is 30.0. The third-order valence-electron chi connectivity index (χ3n) is 4.40. The minimum Gasteiger partial charge on any atom is -0.341 e. The van der Waals surface area contributed by atoms with Crippen molar-refractivity contribution < 1.29 is 9.59 Å². The van der Waals surface area contributed by atoms with Crippen molar-refractivity contribution in [1.29, 1.82) is 0 Å². The van der Waals surface area contributed by atoms with E-state index >= 15 is 0 Å². The number of likely N-dealkylation sites (tertiary alicyclic amines) is 1. The number of hydrogen-bond acceptors (Lipinski definition) is 5. The minimum absolute atomic E-state index is 0.0640. The Balaban J connectivity index is 1.62. The molecule has 1 aliphatic carbocycles. The number of carbonyl (C=O) groups excluding carboxylic acids is 2. The molecular formula is C13H16Cl2N4O2S. The quantitative estimate of drug-likeness (QED) is 0.837. The number of alkyl halides is 2. The van der Waals surface area contributed by atoms with E-state index in [1.807, 2.05) is 0 Å². The molecule has 1 saturated heterocycles. The average molecular weight is 363 g/mol. The van der Waals surface area contributed by atoms with Gasteiger partial charge in [0.05, 0.1) is 11.3 Å². The SMILES string of the molecule is C[C@]1(C(=O)N2CCC[C@@H](C(=O)Nc3nncs3)C2)CC1(Cl)Cl. The van der Waals surface area contributed by atoms with Crippen LogP contribution in [0.1, 0.15) is 26.2 Å². The zero-order chi connectivity index (χ0) is 16.0. The van der Waals surface area contributed by atoms with E-state index in [1.165, 1.54) is 11.3 Å². The van der Waals surface area contributed by atoms with Gasteiger partial charge in [0.25, 0.3) is 0 Å². The van der Waals surface area contributed by atoms with Gasteiger partial charge in [-0.15, -0.1) is 33.4 Å². The smallest absolute Gasteiger partial charge is 0.231 e. The van der Waals surface area contributed by atoms with Crippen LogP contribution in [0.15, 0.2) is 5.51 Å². The van der Waals surface area contributed by atoms with Crippen molar-refractivity contribution in [3.63, 3.8) is 0 Å². The molecule has 22 heavy (non-hydrogen) atoms. The van der Waals surface area contributed by atoms with E-state index in [-0.39, 0.29) is 17.7 Å². The van der Waals surface area contributed by atoms with Crippen LogP contribution in [0.25, 0.3) is 0 Å². The van der Waals surface area contributed by atoms with Crippen LogP contribution in [-0.4, -0.2) is 44.3 Å². The molecule has 0 spiro atoms. The summed E-state index contributed by atoms with van der Waals surface area (Å²) >= 11 is 13.4. The van der Waals surface area contributed by atoms with E-state index in [9.17, 15) is 9.59 Å². The van der Waals surface area contributed by atoms with Crippen molar-refractivity contribution in [2.75, 3.05) is 18.4 Å². The van der Waals surface area contributed by atoms with Crippen LogP contribution in [0.5, 0.6) is 0 Å². The van der Waals surface area contributed by atoms with Crippen molar-refractivity contribution in [3.05, 3.63) is 5.51 Å². The van der Waals surface area contributed by atoms with Crippen LogP contribution in [0.2, 0.25) is 0 Å². The molecule has 1 aromatic rings. The molecule has 2 amide bonds. The zero-order valence-corrected chi connectivity index (χ0v) is 14.3. The number of anilines is 1. The molecule has 0 bridgehead atoms. The van der Waals surface area contributed by atoms with Crippen LogP contribution >= 0.6 is 34.5 Å². The molecule has 2 atom stereocenters. The molecule has 1 saturated carbocycles. The predicted molar refractivity (Wildman–Crippen MR) is 85.0 cm³/mol. The molecule has 0 radical (unpaired) electrons. The number of carbonyl (C=O) groups is 2. The van der Waals surface area contributed by atoms with Gasteiger partial charge in [-0.05, 0) is 26.2 Å². The largest absolute Gasteiger partial charge is 0.341 e. The molecule has 1 aliphatic heterocycles. The summed E-state index contributed by atoms with van der Waals surface area (Å²) < 4.78 is -0.980. The third kappa shape index (κ3) is 2.81. The van der Waals surface area contributed by atoms with Crippen molar-refractivity contribution in [2.24, 2.45) is 11.3 Å². The summed E-state index contributed by atoms with van der Waals surface area (Å²) in [4.78, 5) is 26.6. The zero-order valence-electron chi connectivity index (χ0n) is 12.0. The van der Waals surface area contributed by atoms with Gasteiger partial charge in [-0.1, -0.05) is 11.3 Å². The van der Waals surface area contributed by atoms with Gasteiger partial charge in [0, 0.05) is 13.1 Å². The number of rotatable bonds is 3. The molecule has 0 aromatic carbocycles. The van der Waals surface area contributed by atoms with Crippen LogP contribution < -0.4 is 5.32 Å². The maximum absolute atomic E-state index is 12.6. The molecule has 9 heteroatoms. The third-order valence-corrected chi connectivity index (χ3v) is 6.11. The summed E-state index contributed by atoms with van der Waals surface area (Å²) in [6.45, 7) is 2.81. The van der Waals surface area contributed by atoms with Gasteiger partial charge in [0.2, 0.25) is 16.9 Å². The summed E-state index contributed by atoms with van der Waals surface area (Å²) in [5.41, 5.74) is 0.828. The lowest BCUT2D eigenvalue weighted by atomic mass is 9.95. The number of amides is 2. The lowest BCUT2D eigenvalue weighted by Gasteiger charge is -2.34. The monoisotopic (exact) mass is 362 g/mol. The topological polar surface area (TPSA) is 75.2 Å². The van der Waals surface area contributed by atoms with Gasteiger partial charge in [-0.25, -0.2) is 0 Å². The first-order valence-corrected chi connectivity index (χ1v) is 8.71. The first-order chi connectivity index (χ1) is 10.3. The van der Waals surface area contributed by atoms with E-state index in [0.29, 0.717) is 24.6 Å². The summed E-state index contributed by atoms with van der Waals surface area (Å²) in [5.74, 6) is -0.437. The standard InChI is InChI=1S/C13H16Cl2N4O2S/c1-12(6-13(12,14)15)10(21)19-4-2-3-8(5-19)9(20)17-11-18-16-7-22-11/h7-8H,2-6H2,1H3,(H,17,18,20)/t8-,12-/m1/s1. The maximum atomic E-state index is 12.6.